The SMILES string of the molecule is Cn1nc(-c2ccn3c4c(nc3c2)C[C@H](c2cc(F)c(F)cc2F)CC4)n(C)c1=O. The van der Waals surface area contributed by atoms with Gasteiger partial charge in [0.15, 0.2) is 17.5 Å². The normalized spacial score (nSPS) is 16.2. The minimum Gasteiger partial charge on any atom is -0.304 e. The van der Waals surface area contributed by atoms with Crippen molar-refractivity contribution in [1.29, 1.82) is 0 Å². The molecule has 1 aliphatic carbocycles. The third kappa shape index (κ3) is 2.76. The van der Waals surface area contributed by atoms with Gasteiger partial charge >= 0.3 is 5.69 Å². The van der Waals surface area contributed by atoms with Crippen LogP contribution >= 0.6 is 0 Å². The zero-order valence-electron chi connectivity index (χ0n) is 16.4. The Morgan fingerprint density at radius 2 is 1.83 bits per heavy atom. The maximum Gasteiger partial charge on any atom is 0.345 e. The van der Waals surface area contributed by atoms with Crippen LogP contribution in [0.5, 0.6) is 0 Å². The molecule has 0 spiro atoms. The van der Waals surface area contributed by atoms with E-state index >= 15 is 0 Å². The molecule has 0 unspecified atom stereocenters. The lowest BCUT2D eigenvalue weighted by molar-refractivity contribution is 0.473. The van der Waals surface area contributed by atoms with E-state index in [0.29, 0.717) is 36.8 Å². The van der Waals surface area contributed by atoms with Crippen LogP contribution in [-0.4, -0.2) is 23.7 Å². The Labute approximate surface area is 169 Å². The maximum absolute atomic E-state index is 14.2. The van der Waals surface area contributed by atoms with Crippen molar-refractivity contribution >= 4 is 5.65 Å². The van der Waals surface area contributed by atoms with Crippen molar-refractivity contribution < 1.29 is 13.2 Å². The highest BCUT2D eigenvalue weighted by molar-refractivity contribution is 5.62. The summed E-state index contributed by atoms with van der Waals surface area (Å²) in [6, 6.07) is 5.29. The molecule has 0 bridgehead atoms. The molecule has 0 saturated carbocycles. The molecule has 154 valence electrons. The summed E-state index contributed by atoms with van der Waals surface area (Å²) in [6.45, 7) is 0. The van der Waals surface area contributed by atoms with Crippen LogP contribution in [0.25, 0.3) is 17.0 Å². The highest BCUT2D eigenvalue weighted by Crippen LogP contribution is 2.35. The van der Waals surface area contributed by atoms with Crippen LogP contribution in [0.15, 0.2) is 35.3 Å². The molecule has 4 aromatic rings. The Balaban J connectivity index is 1.53. The van der Waals surface area contributed by atoms with Gasteiger partial charge in [-0.15, -0.1) is 5.10 Å². The summed E-state index contributed by atoms with van der Waals surface area (Å²) >= 11 is 0. The molecule has 9 heteroatoms. The quantitative estimate of drug-likeness (QED) is 0.475. The van der Waals surface area contributed by atoms with Crippen LogP contribution in [-0.2, 0) is 26.9 Å². The maximum atomic E-state index is 14.2. The highest BCUT2D eigenvalue weighted by atomic mass is 19.2. The van der Waals surface area contributed by atoms with Gasteiger partial charge in [0.2, 0.25) is 0 Å². The number of nitrogens with zero attached hydrogens (tertiary/aromatic N) is 5. The molecule has 5 rings (SSSR count). The van der Waals surface area contributed by atoms with E-state index in [-0.39, 0.29) is 17.2 Å². The number of imidazole rings is 1. The first-order valence-corrected chi connectivity index (χ1v) is 9.58. The van der Waals surface area contributed by atoms with Gasteiger partial charge in [0.1, 0.15) is 11.5 Å². The lowest BCUT2D eigenvalue weighted by Gasteiger charge is -2.22. The number of fused-ring (bicyclic) bond motifs is 3. The summed E-state index contributed by atoms with van der Waals surface area (Å²) < 4.78 is 45.9. The monoisotopic (exact) mass is 413 g/mol. The van der Waals surface area contributed by atoms with Gasteiger partial charge in [-0.2, -0.15) is 0 Å². The topological polar surface area (TPSA) is 57.1 Å². The van der Waals surface area contributed by atoms with Gasteiger partial charge < -0.3 is 4.40 Å². The van der Waals surface area contributed by atoms with Gasteiger partial charge in [-0.3, -0.25) is 4.57 Å². The second-order valence-corrected chi connectivity index (χ2v) is 7.67. The van der Waals surface area contributed by atoms with Gasteiger partial charge in [-0.1, -0.05) is 0 Å². The zero-order valence-corrected chi connectivity index (χ0v) is 16.4. The van der Waals surface area contributed by atoms with Crippen LogP contribution in [0.1, 0.15) is 29.3 Å². The Bertz CT molecular complexity index is 1370. The summed E-state index contributed by atoms with van der Waals surface area (Å²) in [6.07, 6.45) is 3.57. The molecule has 1 aliphatic rings. The lowest BCUT2D eigenvalue weighted by Crippen LogP contribution is -2.20. The average Bonchev–Trinajstić information content (AvgIpc) is 3.21. The summed E-state index contributed by atoms with van der Waals surface area (Å²) in [5.74, 6) is -2.69. The molecule has 0 aliphatic heterocycles. The van der Waals surface area contributed by atoms with E-state index in [1.54, 1.807) is 14.1 Å². The molecular formula is C21H18F3N5O. The lowest BCUT2D eigenvalue weighted by atomic mass is 9.84. The largest absolute Gasteiger partial charge is 0.345 e. The van der Waals surface area contributed by atoms with Gasteiger partial charge in [0, 0.05) is 37.6 Å². The third-order valence-electron chi connectivity index (χ3n) is 5.84. The Hall–Kier alpha value is -3.36. The fourth-order valence-corrected chi connectivity index (χ4v) is 4.29. The number of rotatable bonds is 2. The molecule has 30 heavy (non-hydrogen) atoms. The van der Waals surface area contributed by atoms with Crippen LogP contribution in [0.4, 0.5) is 13.2 Å². The van der Waals surface area contributed by atoms with E-state index in [2.05, 4.69) is 5.10 Å². The number of pyridine rings is 1. The summed E-state index contributed by atoms with van der Waals surface area (Å²) in [5, 5.41) is 4.27. The predicted octanol–water partition coefficient (Wildman–Crippen LogP) is 3.12. The first-order valence-electron chi connectivity index (χ1n) is 9.58. The number of hydrogen-bond donors (Lipinski definition) is 0. The van der Waals surface area contributed by atoms with E-state index in [1.807, 2.05) is 22.7 Å². The van der Waals surface area contributed by atoms with Crippen molar-refractivity contribution in [3.05, 3.63) is 75.3 Å². The fourth-order valence-electron chi connectivity index (χ4n) is 4.29. The van der Waals surface area contributed by atoms with Crippen LogP contribution in [0.3, 0.4) is 0 Å². The molecule has 0 amide bonds. The van der Waals surface area contributed by atoms with Crippen molar-refractivity contribution in [1.82, 2.24) is 23.7 Å². The van der Waals surface area contributed by atoms with E-state index in [4.69, 9.17) is 4.98 Å². The standard InChI is InChI=1S/C21H18F3N5O/c1-27-20(26-28(2)21(27)30)12-5-6-29-18-4-3-11(7-17(18)25-19(29)8-12)13-9-15(23)16(24)10-14(13)22/h5-6,8-11H,3-4,7H2,1-2H3/t11-/m1/s1. The minimum atomic E-state index is -1.18. The number of hydrogen-bond acceptors (Lipinski definition) is 3. The smallest absolute Gasteiger partial charge is 0.304 e. The van der Waals surface area contributed by atoms with Gasteiger partial charge in [-0.25, -0.2) is 27.6 Å². The van der Waals surface area contributed by atoms with Crippen LogP contribution in [0.2, 0.25) is 0 Å². The Kier molecular flexibility index (Phi) is 4.09. The molecule has 6 nitrogen and oxygen atoms in total. The second-order valence-electron chi connectivity index (χ2n) is 7.67. The Morgan fingerprint density at radius 1 is 1.07 bits per heavy atom. The molecule has 1 aromatic carbocycles. The molecule has 0 radical (unpaired) electrons. The number of aryl methyl sites for hydroxylation is 2. The third-order valence-corrected chi connectivity index (χ3v) is 5.84. The predicted molar refractivity (Wildman–Crippen MR) is 104 cm³/mol. The van der Waals surface area contributed by atoms with E-state index in [0.717, 1.165) is 23.0 Å². The van der Waals surface area contributed by atoms with Crippen LogP contribution in [0, 0.1) is 17.5 Å². The fraction of sp³-hybridized carbons (Fsp3) is 0.286. The first-order chi connectivity index (χ1) is 14.3. The Morgan fingerprint density at radius 3 is 2.57 bits per heavy atom. The second kappa shape index (κ2) is 6.58. The van der Waals surface area contributed by atoms with E-state index < -0.39 is 17.5 Å². The zero-order chi connectivity index (χ0) is 21.2. The minimum absolute atomic E-state index is 0.181. The molecule has 0 fully saturated rings. The average molecular weight is 413 g/mol. The van der Waals surface area contributed by atoms with Gasteiger partial charge in [-0.05, 0) is 48.9 Å². The summed E-state index contributed by atoms with van der Waals surface area (Å²) in [7, 11) is 3.25. The molecular weight excluding hydrogens is 395 g/mol. The van der Waals surface area contributed by atoms with Crippen molar-refractivity contribution in [3.8, 4) is 11.4 Å². The van der Waals surface area contributed by atoms with Crippen LogP contribution < -0.4 is 5.69 Å². The van der Waals surface area contributed by atoms with E-state index in [9.17, 15) is 18.0 Å². The molecule has 0 N–H and O–H groups in total. The molecule has 3 heterocycles. The van der Waals surface area contributed by atoms with Crippen molar-refractivity contribution in [2.75, 3.05) is 0 Å². The molecule has 0 saturated heterocycles. The van der Waals surface area contributed by atoms with Crippen molar-refractivity contribution in [2.45, 2.75) is 25.2 Å². The number of aromatic nitrogens is 5. The van der Waals surface area contributed by atoms with Gasteiger partial charge in [0.05, 0.1) is 5.69 Å². The van der Waals surface area contributed by atoms with Crippen molar-refractivity contribution in [2.24, 2.45) is 14.1 Å². The number of halogens is 3. The van der Waals surface area contributed by atoms with Gasteiger partial charge in [0.25, 0.3) is 0 Å². The van der Waals surface area contributed by atoms with Crippen molar-refractivity contribution in [3.63, 3.8) is 0 Å². The highest BCUT2D eigenvalue weighted by Gasteiger charge is 2.27. The molecule has 3 aromatic heterocycles. The molecule has 1 atom stereocenters. The summed E-state index contributed by atoms with van der Waals surface area (Å²) in [4.78, 5) is 16.7. The van der Waals surface area contributed by atoms with E-state index in [1.165, 1.54) is 9.25 Å². The summed E-state index contributed by atoms with van der Waals surface area (Å²) in [5.41, 5.74) is 3.24. The first kappa shape index (κ1) is 18.7. The number of benzene rings is 1.